The number of hydrogen-bond donors (Lipinski definition) is 1. The Morgan fingerprint density at radius 1 is 1.06 bits per heavy atom. The molecule has 3 heterocycles. The second-order valence-corrected chi connectivity index (χ2v) is 8.44. The van der Waals surface area contributed by atoms with Gasteiger partial charge in [0.1, 0.15) is 5.69 Å². The van der Waals surface area contributed by atoms with Crippen molar-refractivity contribution in [3.05, 3.63) is 89.9 Å². The van der Waals surface area contributed by atoms with Gasteiger partial charge in [-0.05, 0) is 46.9 Å². The topological polar surface area (TPSA) is 72.4 Å². The quantitative estimate of drug-likeness (QED) is 0.455. The van der Waals surface area contributed by atoms with Crippen molar-refractivity contribution in [2.24, 2.45) is 0 Å². The summed E-state index contributed by atoms with van der Waals surface area (Å²) >= 11 is 0. The summed E-state index contributed by atoms with van der Waals surface area (Å²) in [6.07, 6.45) is 6.69. The molecule has 0 saturated carbocycles. The van der Waals surface area contributed by atoms with Gasteiger partial charge in [-0.25, -0.2) is 4.68 Å². The Hall–Kier alpha value is -3.93. The predicted octanol–water partition coefficient (Wildman–Crippen LogP) is 4.71. The lowest BCUT2D eigenvalue weighted by atomic mass is 9.90. The summed E-state index contributed by atoms with van der Waals surface area (Å²) in [4.78, 5) is 11.5. The number of nitrogens with zero attached hydrogens (tertiary/aromatic N) is 4. The molecule has 6 nitrogen and oxygen atoms in total. The fourth-order valence-electron chi connectivity index (χ4n) is 5.15. The third-order valence-electron chi connectivity index (χ3n) is 6.61. The number of aromatic nitrogens is 4. The van der Waals surface area contributed by atoms with E-state index in [4.69, 9.17) is 0 Å². The number of aliphatic carboxylic acids is 1. The number of hydrogen-bond acceptors (Lipinski definition) is 3. The Morgan fingerprint density at radius 2 is 1.91 bits per heavy atom. The van der Waals surface area contributed by atoms with Gasteiger partial charge in [0.05, 0.1) is 18.7 Å². The molecule has 6 heteroatoms. The molecule has 5 aromatic rings. The van der Waals surface area contributed by atoms with Crippen LogP contribution >= 0.6 is 0 Å². The van der Waals surface area contributed by atoms with E-state index in [0.717, 1.165) is 41.6 Å². The maximum atomic E-state index is 11.5. The molecule has 1 N–H and O–H groups in total. The van der Waals surface area contributed by atoms with E-state index in [0.29, 0.717) is 0 Å². The molecule has 1 unspecified atom stereocenters. The van der Waals surface area contributed by atoms with E-state index in [-0.39, 0.29) is 12.5 Å². The van der Waals surface area contributed by atoms with E-state index in [9.17, 15) is 9.90 Å². The van der Waals surface area contributed by atoms with Crippen molar-refractivity contribution >= 4 is 22.3 Å². The van der Waals surface area contributed by atoms with Crippen LogP contribution in [-0.4, -0.2) is 30.5 Å². The van der Waals surface area contributed by atoms with Gasteiger partial charge in [-0.2, -0.15) is 0 Å². The Bertz CT molecular complexity index is 1470. The summed E-state index contributed by atoms with van der Waals surface area (Å²) in [5, 5.41) is 20.8. The van der Waals surface area contributed by atoms with Crippen molar-refractivity contribution in [2.45, 2.75) is 31.7 Å². The SMILES string of the molecule is O=C(O)Cc1c2c(n3ccccc13)CC(n1cc(-c3cccc4ccccc34)nn1)CC2. The first-order chi connectivity index (χ1) is 15.7. The lowest BCUT2D eigenvalue weighted by Gasteiger charge is -2.23. The minimum atomic E-state index is -0.790. The highest BCUT2D eigenvalue weighted by molar-refractivity contribution is 5.95. The second-order valence-electron chi connectivity index (χ2n) is 8.44. The summed E-state index contributed by atoms with van der Waals surface area (Å²) in [5.74, 6) is -0.790. The molecular formula is C26H22N4O2. The van der Waals surface area contributed by atoms with Crippen LogP contribution in [0.25, 0.3) is 27.5 Å². The third-order valence-corrected chi connectivity index (χ3v) is 6.61. The number of fused-ring (bicyclic) bond motifs is 4. The van der Waals surface area contributed by atoms with E-state index < -0.39 is 5.97 Å². The van der Waals surface area contributed by atoms with Crippen molar-refractivity contribution in [3.63, 3.8) is 0 Å². The first-order valence-electron chi connectivity index (χ1n) is 10.9. The largest absolute Gasteiger partial charge is 0.481 e. The predicted molar refractivity (Wildman–Crippen MR) is 123 cm³/mol. The molecule has 1 atom stereocenters. The molecular weight excluding hydrogens is 400 g/mol. The van der Waals surface area contributed by atoms with Crippen LogP contribution in [0.3, 0.4) is 0 Å². The Morgan fingerprint density at radius 3 is 2.81 bits per heavy atom. The van der Waals surface area contributed by atoms with Gasteiger partial charge < -0.3 is 9.51 Å². The average molecular weight is 422 g/mol. The van der Waals surface area contributed by atoms with Crippen LogP contribution in [0.2, 0.25) is 0 Å². The van der Waals surface area contributed by atoms with E-state index in [1.54, 1.807) is 0 Å². The van der Waals surface area contributed by atoms with Crippen molar-refractivity contribution < 1.29 is 9.90 Å². The number of pyridine rings is 1. The minimum Gasteiger partial charge on any atom is -0.481 e. The van der Waals surface area contributed by atoms with E-state index >= 15 is 0 Å². The molecule has 0 amide bonds. The van der Waals surface area contributed by atoms with Crippen LogP contribution in [0.15, 0.2) is 73.1 Å². The molecule has 1 aliphatic rings. The van der Waals surface area contributed by atoms with Crippen LogP contribution in [0, 0.1) is 0 Å². The van der Waals surface area contributed by atoms with E-state index in [1.165, 1.54) is 22.0 Å². The number of carboxylic acids is 1. The Kier molecular flexibility index (Phi) is 4.31. The molecule has 0 spiro atoms. The highest BCUT2D eigenvalue weighted by Gasteiger charge is 2.28. The summed E-state index contributed by atoms with van der Waals surface area (Å²) in [6.45, 7) is 0. The van der Waals surface area contributed by atoms with Gasteiger partial charge in [0.15, 0.2) is 0 Å². The Balaban J connectivity index is 1.37. The number of carboxylic acid groups (broad SMARTS) is 1. The third kappa shape index (κ3) is 2.99. The zero-order chi connectivity index (χ0) is 21.7. The summed E-state index contributed by atoms with van der Waals surface area (Å²) in [7, 11) is 0. The lowest BCUT2D eigenvalue weighted by Crippen LogP contribution is -2.20. The summed E-state index contributed by atoms with van der Waals surface area (Å²) in [5.41, 5.74) is 6.28. The zero-order valence-electron chi connectivity index (χ0n) is 17.5. The van der Waals surface area contributed by atoms with Crippen molar-refractivity contribution in [1.82, 2.24) is 19.4 Å². The molecule has 1 aliphatic carbocycles. The fourth-order valence-corrected chi connectivity index (χ4v) is 5.15. The van der Waals surface area contributed by atoms with Gasteiger partial charge in [-0.3, -0.25) is 4.79 Å². The normalized spacial score (nSPS) is 15.8. The molecule has 0 aliphatic heterocycles. The molecule has 0 fully saturated rings. The molecule has 158 valence electrons. The summed E-state index contributed by atoms with van der Waals surface area (Å²) < 4.78 is 4.14. The van der Waals surface area contributed by atoms with Gasteiger partial charge in [0, 0.05) is 29.4 Å². The lowest BCUT2D eigenvalue weighted by molar-refractivity contribution is -0.136. The standard InChI is InChI=1S/C26H22N4O2/c31-26(32)15-22-21-12-11-18(14-25(21)29-13-4-3-10-24(22)29)30-16-23(27-28-30)20-9-5-7-17-6-1-2-8-19(17)20/h1-10,13,16,18H,11-12,14-15H2,(H,31,32). The first-order valence-corrected chi connectivity index (χ1v) is 10.9. The van der Waals surface area contributed by atoms with Crippen LogP contribution < -0.4 is 0 Å². The van der Waals surface area contributed by atoms with Crippen LogP contribution in [0.5, 0.6) is 0 Å². The average Bonchev–Trinajstić information content (AvgIpc) is 3.42. The molecule has 0 bridgehead atoms. The highest BCUT2D eigenvalue weighted by atomic mass is 16.4. The molecule has 0 radical (unpaired) electrons. The monoisotopic (exact) mass is 422 g/mol. The van der Waals surface area contributed by atoms with E-state index in [2.05, 4.69) is 45.0 Å². The van der Waals surface area contributed by atoms with Crippen LogP contribution in [-0.2, 0) is 24.1 Å². The zero-order valence-corrected chi connectivity index (χ0v) is 17.5. The molecule has 3 aromatic heterocycles. The van der Waals surface area contributed by atoms with Gasteiger partial charge in [-0.1, -0.05) is 53.7 Å². The molecule has 0 saturated heterocycles. The van der Waals surface area contributed by atoms with Gasteiger partial charge in [0.25, 0.3) is 0 Å². The highest BCUT2D eigenvalue weighted by Crippen LogP contribution is 2.35. The molecule has 2 aromatic carbocycles. The van der Waals surface area contributed by atoms with Gasteiger partial charge in [-0.15, -0.1) is 5.10 Å². The second kappa shape index (κ2) is 7.34. The van der Waals surface area contributed by atoms with E-state index in [1.807, 2.05) is 47.4 Å². The van der Waals surface area contributed by atoms with Crippen LogP contribution in [0.4, 0.5) is 0 Å². The maximum Gasteiger partial charge on any atom is 0.307 e. The maximum absolute atomic E-state index is 11.5. The van der Waals surface area contributed by atoms with Crippen molar-refractivity contribution in [3.8, 4) is 11.3 Å². The number of benzene rings is 2. The van der Waals surface area contributed by atoms with Crippen molar-refractivity contribution in [1.29, 1.82) is 0 Å². The first kappa shape index (κ1) is 18.8. The minimum absolute atomic E-state index is 0.0576. The van der Waals surface area contributed by atoms with Crippen LogP contribution in [0.1, 0.15) is 29.3 Å². The van der Waals surface area contributed by atoms with Gasteiger partial charge >= 0.3 is 5.97 Å². The Labute approximate surface area is 184 Å². The molecule has 6 rings (SSSR count). The smallest absolute Gasteiger partial charge is 0.307 e. The number of carbonyl (C=O) groups is 1. The fraction of sp³-hybridized carbons (Fsp3) is 0.192. The summed E-state index contributed by atoms with van der Waals surface area (Å²) in [6, 6.07) is 20.7. The number of rotatable bonds is 4. The van der Waals surface area contributed by atoms with Gasteiger partial charge in [0.2, 0.25) is 0 Å². The van der Waals surface area contributed by atoms with Crippen molar-refractivity contribution in [2.75, 3.05) is 0 Å². The molecule has 32 heavy (non-hydrogen) atoms.